The number of benzene rings is 1. The van der Waals surface area contributed by atoms with Crippen LogP contribution >= 0.6 is 0 Å². The molecule has 0 aromatic heterocycles. The Labute approximate surface area is 159 Å². The number of nitrogens with zero attached hydrogens (tertiary/aromatic N) is 3. The quantitative estimate of drug-likeness (QED) is 0.373. The van der Waals surface area contributed by atoms with Crippen LogP contribution in [0.5, 0.6) is 0 Å². The molecule has 1 aromatic carbocycles. The Balaban J connectivity index is 1.99. The minimum Gasteiger partial charge on any atom is -0.369 e. The summed E-state index contributed by atoms with van der Waals surface area (Å²) in [5.74, 6) is -0.154. The highest BCUT2D eigenvalue weighted by Crippen LogP contribution is 2.22. The van der Waals surface area contributed by atoms with Gasteiger partial charge >= 0.3 is 0 Å². The molecule has 1 aromatic rings. The maximum absolute atomic E-state index is 12.7. The third-order valence-electron chi connectivity index (χ3n) is 4.43. The lowest BCUT2D eigenvalue weighted by atomic mass is 10.3. The second-order valence-corrected chi connectivity index (χ2v) is 8.29. The Hall–Kier alpha value is -2.04. The zero-order chi connectivity index (χ0) is 20.0. The minimum atomic E-state index is -3.85. The molecule has 27 heavy (non-hydrogen) atoms. The third kappa shape index (κ3) is 5.24. The van der Waals surface area contributed by atoms with Gasteiger partial charge in [-0.2, -0.15) is 4.31 Å². The van der Waals surface area contributed by atoms with Gasteiger partial charge in [0.05, 0.1) is 9.82 Å². The number of carbonyl (C=O) groups excluding carboxylic acids is 1. The molecule has 0 bridgehead atoms. The maximum Gasteiger partial charge on any atom is 0.270 e. The van der Waals surface area contributed by atoms with E-state index in [0.29, 0.717) is 6.61 Å². The molecule has 1 aliphatic heterocycles. The first-order valence-electron chi connectivity index (χ1n) is 8.92. The van der Waals surface area contributed by atoms with E-state index in [4.69, 9.17) is 4.74 Å². The second-order valence-electron chi connectivity index (χ2n) is 6.35. The maximum atomic E-state index is 12.7. The fraction of sp³-hybridized carbons (Fsp3) is 0.588. The number of amides is 1. The van der Waals surface area contributed by atoms with Crippen molar-refractivity contribution < 1.29 is 22.9 Å². The summed E-state index contributed by atoms with van der Waals surface area (Å²) in [5, 5.41) is 10.9. The van der Waals surface area contributed by atoms with Crippen molar-refractivity contribution >= 4 is 21.6 Å². The Kier molecular flexibility index (Phi) is 7.28. The van der Waals surface area contributed by atoms with Crippen molar-refractivity contribution in [3.63, 3.8) is 0 Å². The number of hydrogen-bond acceptors (Lipinski definition) is 6. The molecule has 1 fully saturated rings. The number of piperazine rings is 1. The van der Waals surface area contributed by atoms with Crippen LogP contribution in [0.4, 0.5) is 5.69 Å². The second kappa shape index (κ2) is 9.25. The summed E-state index contributed by atoms with van der Waals surface area (Å²) < 4.78 is 32.2. The van der Waals surface area contributed by atoms with Crippen LogP contribution < -0.4 is 0 Å². The number of nitro groups is 1. The number of carbonyl (C=O) groups is 1. The normalized spacial score (nSPS) is 16.9. The summed E-state index contributed by atoms with van der Waals surface area (Å²) in [5.41, 5.74) is -0.275. The van der Waals surface area contributed by atoms with Crippen LogP contribution in [0, 0.1) is 10.1 Å². The molecular weight excluding hydrogens is 374 g/mol. The van der Waals surface area contributed by atoms with Crippen LogP contribution in [0.2, 0.25) is 0 Å². The third-order valence-corrected chi connectivity index (χ3v) is 6.32. The van der Waals surface area contributed by atoms with Gasteiger partial charge in [-0.25, -0.2) is 8.42 Å². The Bertz CT molecular complexity index is 775. The van der Waals surface area contributed by atoms with Crippen molar-refractivity contribution in [3.05, 3.63) is 34.4 Å². The number of hydrogen-bond donors (Lipinski definition) is 0. The van der Waals surface area contributed by atoms with Gasteiger partial charge in [0.25, 0.3) is 11.6 Å². The molecule has 0 spiro atoms. The van der Waals surface area contributed by atoms with Crippen LogP contribution in [0.25, 0.3) is 0 Å². The van der Waals surface area contributed by atoms with Gasteiger partial charge < -0.3 is 9.64 Å². The summed E-state index contributed by atoms with van der Waals surface area (Å²) in [6.07, 6.45) is 1.30. The van der Waals surface area contributed by atoms with E-state index in [1.54, 1.807) is 11.8 Å². The Morgan fingerprint density at radius 2 is 1.96 bits per heavy atom. The van der Waals surface area contributed by atoms with E-state index in [2.05, 4.69) is 0 Å². The number of sulfonamides is 1. The van der Waals surface area contributed by atoms with E-state index in [1.165, 1.54) is 22.5 Å². The SMILES string of the molecule is CCCCOC(C)C(=O)N1CCN(S(=O)(=O)c2cccc([N+](=O)[O-])c2)CC1. The molecule has 0 saturated carbocycles. The molecule has 9 nitrogen and oxygen atoms in total. The molecule has 1 unspecified atom stereocenters. The standard InChI is InChI=1S/C17H25N3O6S/c1-3-4-12-26-14(2)17(21)18-8-10-19(11-9-18)27(24,25)16-7-5-6-15(13-16)20(22)23/h5-7,13-14H,3-4,8-12H2,1-2H3. The van der Waals surface area contributed by atoms with Crippen molar-refractivity contribution in [2.24, 2.45) is 0 Å². The van der Waals surface area contributed by atoms with E-state index >= 15 is 0 Å². The predicted octanol–water partition coefficient (Wildman–Crippen LogP) is 1.63. The average molecular weight is 399 g/mol. The van der Waals surface area contributed by atoms with Crippen LogP contribution in [0.15, 0.2) is 29.2 Å². The molecule has 0 N–H and O–H groups in total. The summed E-state index contributed by atoms with van der Waals surface area (Å²) in [7, 11) is -3.85. The molecule has 1 saturated heterocycles. The smallest absolute Gasteiger partial charge is 0.270 e. The summed E-state index contributed by atoms with van der Waals surface area (Å²) in [4.78, 5) is 24.1. The van der Waals surface area contributed by atoms with Gasteiger partial charge in [0.2, 0.25) is 10.0 Å². The molecule has 10 heteroatoms. The predicted molar refractivity (Wildman–Crippen MR) is 98.8 cm³/mol. The van der Waals surface area contributed by atoms with E-state index in [1.807, 2.05) is 6.92 Å². The van der Waals surface area contributed by atoms with Crippen LogP contribution in [0.3, 0.4) is 0 Å². The highest BCUT2D eigenvalue weighted by Gasteiger charge is 2.32. The van der Waals surface area contributed by atoms with E-state index in [9.17, 15) is 23.3 Å². The monoisotopic (exact) mass is 399 g/mol. The Morgan fingerprint density at radius 3 is 2.56 bits per heavy atom. The number of unbranched alkanes of at least 4 members (excludes halogenated alkanes) is 1. The largest absolute Gasteiger partial charge is 0.369 e. The summed E-state index contributed by atoms with van der Waals surface area (Å²) >= 11 is 0. The molecule has 2 rings (SSSR count). The summed E-state index contributed by atoms with van der Waals surface area (Å²) in [6, 6.07) is 4.98. The van der Waals surface area contributed by atoms with Gasteiger partial charge in [0, 0.05) is 44.9 Å². The molecule has 1 amide bonds. The first-order valence-corrected chi connectivity index (χ1v) is 10.4. The van der Waals surface area contributed by atoms with E-state index in [0.717, 1.165) is 18.9 Å². The molecule has 0 radical (unpaired) electrons. The molecule has 1 aliphatic rings. The topological polar surface area (TPSA) is 110 Å². The molecular formula is C17H25N3O6S. The number of ether oxygens (including phenoxy) is 1. The number of non-ortho nitro benzene ring substituents is 1. The van der Waals surface area contributed by atoms with Gasteiger partial charge in [-0.15, -0.1) is 0 Å². The summed E-state index contributed by atoms with van der Waals surface area (Å²) in [6.45, 7) is 5.05. The van der Waals surface area contributed by atoms with Crippen molar-refractivity contribution in [1.29, 1.82) is 0 Å². The van der Waals surface area contributed by atoms with Crippen LogP contribution in [0.1, 0.15) is 26.7 Å². The number of nitro benzene ring substituents is 1. The van der Waals surface area contributed by atoms with E-state index < -0.39 is 21.1 Å². The number of rotatable bonds is 8. The van der Waals surface area contributed by atoms with Gasteiger partial charge in [-0.1, -0.05) is 19.4 Å². The van der Waals surface area contributed by atoms with Gasteiger partial charge in [-0.05, 0) is 19.4 Å². The minimum absolute atomic E-state index is 0.118. The van der Waals surface area contributed by atoms with Crippen molar-refractivity contribution in [2.45, 2.75) is 37.7 Å². The molecule has 1 heterocycles. The van der Waals surface area contributed by atoms with Crippen LogP contribution in [-0.4, -0.2) is 67.3 Å². The lowest BCUT2D eigenvalue weighted by Gasteiger charge is -2.35. The fourth-order valence-electron chi connectivity index (χ4n) is 2.79. The molecule has 0 aliphatic carbocycles. The average Bonchev–Trinajstić information content (AvgIpc) is 2.67. The highest BCUT2D eigenvalue weighted by atomic mass is 32.2. The van der Waals surface area contributed by atoms with Crippen molar-refractivity contribution in [1.82, 2.24) is 9.21 Å². The zero-order valence-corrected chi connectivity index (χ0v) is 16.4. The van der Waals surface area contributed by atoms with Crippen LogP contribution in [-0.2, 0) is 19.6 Å². The first kappa shape index (κ1) is 21.3. The first-order chi connectivity index (χ1) is 12.8. The molecule has 1 atom stereocenters. The lowest BCUT2D eigenvalue weighted by molar-refractivity contribution is -0.385. The zero-order valence-electron chi connectivity index (χ0n) is 15.5. The fourth-order valence-corrected chi connectivity index (χ4v) is 4.25. The van der Waals surface area contributed by atoms with Gasteiger partial charge in [0.1, 0.15) is 6.10 Å². The highest BCUT2D eigenvalue weighted by molar-refractivity contribution is 7.89. The van der Waals surface area contributed by atoms with Gasteiger partial charge in [-0.3, -0.25) is 14.9 Å². The van der Waals surface area contributed by atoms with Crippen molar-refractivity contribution in [2.75, 3.05) is 32.8 Å². The Morgan fingerprint density at radius 1 is 1.30 bits per heavy atom. The van der Waals surface area contributed by atoms with Gasteiger partial charge in [0.15, 0.2) is 0 Å². The lowest BCUT2D eigenvalue weighted by Crippen LogP contribution is -2.52. The van der Waals surface area contributed by atoms with Crippen molar-refractivity contribution in [3.8, 4) is 0 Å². The van der Waals surface area contributed by atoms with E-state index in [-0.39, 0.29) is 42.7 Å². The molecule has 150 valence electrons.